The number of ether oxygens (including phenoxy) is 1. The Morgan fingerprint density at radius 2 is 2.04 bits per heavy atom. The minimum absolute atomic E-state index is 0.0786. The van der Waals surface area contributed by atoms with E-state index < -0.39 is 0 Å². The molecule has 0 bridgehead atoms. The second-order valence-corrected chi connectivity index (χ2v) is 5.78. The first-order valence-corrected chi connectivity index (χ1v) is 8.25. The third-order valence-electron chi connectivity index (χ3n) is 3.58. The molecule has 0 saturated heterocycles. The van der Waals surface area contributed by atoms with E-state index in [4.69, 9.17) is 4.74 Å². The smallest absolute Gasteiger partial charge is 0.243 e. The Balaban J connectivity index is 1.56. The molecule has 3 N–H and O–H groups in total. The van der Waals surface area contributed by atoms with Crippen LogP contribution >= 0.6 is 0 Å². The molecule has 0 radical (unpaired) electrons. The fourth-order valence-corrected chi connectivity index (χ4v) is 2.04. The number of hydrogen-bond acceptors (Lipinski definition) is 3. The lowest BCUT2D eigenvalue weighted by atomic mass is 10.3. The Labute approximate surface area is 141 Å². The second kappa shape index (κ2) is 9.87. The molecule has 24 heavy (non-hydrogen) atoms. The Morgan fingerprint density at radius 3 is 2.71 bits per heavy atom. The van der Waals surface area contributed by atoms with Gasteiger partial charge in [-0.3, -0.25) is 9.79 Å². The number of aliphatic imine (C=N–C) groups is 1. The van der Waals surface area contributed by atoms with Crippen LogP contribution in [0.2, 0.25) is 0 Å². The minimum Gasteiger partial charge on any atom is -0.381 e. The SMILES string of the molecule is CN=C(NCCCOCC1CC1)NCC(=O)Nc1ccc(F)cc1. The molecule has 1 fully saturated rings. The molecule has 1 amide bonds. The molecule has 0 spiro atoms. The summed E-state index contributed by atoms with van der Waals surface area (Å²) in [6, 6.07) is 5.63. The Bertz CT molecular complexity index is 544. The molecular weight excluding hydrogens is 311 g/mol. The maximum atomic E-state index is 12.8. The first kappa shape index (κ1) is 18.2. The predicted octanol–water partition coefficient (Wildman–Crippen LogP) is 1.75. The lowest BCUT2D eigenvalue weighted by Crippen LogP contribution is -2.41. The van der Waals surface area contributed by atoms with E-state index >= 15 is 0 Å². The molecule has 1 aliphatic carbocycles. The molecule has 1 aromatic carbocycles. The molecule has 2 rings (SSSR count). The summed E-state index contributed by atoms with van der Waals surface area (Å²) in [4.78, 5) is 15.9. The highest BCUT2D eigenvalue weighted by atomic mass is 19.1. The first-order chi connectivity index (χ1) is 11.7. The summed E-state index contributed by atoms with van der Waals surface area (Å²) in [7, 11) is 1.65. The first-order valence-electron chi connectivity index (χ1n) is 8.25. The van der Waals surface area contributed by atoms with Gasteiger partial charge in [0.05, 0.1) is 6.54 Å². The van der Waals surface area contributed by atoms with Crippen LogP contribution in [-0.4, -0.2) is 45.2 Å². The Kier molecular flexibility index (Phi) is 7.48. The number of rotatable bonds is 9. The number of amides is 1. The van der Waals surface area contributed by atoms with Gasteiger partial charge in [-0.15, -0.1) is 0 Å². The van der Waals surface area contributed by atoms with Crippen LogP contribution in [0.5, 0.6) is 0 Å². The summed E-state index contributed by atoms with van der Waals surface area (Å²) < 4.78 is 18.4. The molecule has 132 valence electrons. The summed E-state index contributed by atoms with van der Waals surface area (Å²) in [5, 5.41) is 8.74. The van der Waals surface area contributed by atoms with Crippen LogP contribution in [0, 0.1) is 11.7 Å². The number of halogens is 1. The quantitative estimate of drug-likeness (QED) is 0.365. The van der Waals surface area contributed by atoms with Crippen molar-refractivity contribution in [1.29, 1.82) is 0 Å². The van der Waals surface area contributed by atoms with E-state index in [0.29, 0.717) is 11.6 Å². The van der Waals surface area contributed by atoms with E-state index in [9.17, 15) is 9.18 Å². The van der Waals surface area contributed by atoms with Gasteiger partial charge in [-0.25, -0.2) is 4.39 Å². The zero-order chi connectivity index (χ0) is 17.2. The summed E-state index contributed by atoms with van der Waals surface area (Å²) in [5.74, 6) is 0.785. The van der Waals surface area contributed by atoms with Gasteiger partial charge in [0.15, 0.2) is 5.96 Å². The maximum Gasteiger partial charge on any atom is 0.243 e. The van der Waals surface area contributed by atoms with Gasteiger partial charge in [0.1, 0.15) is 5.82 Å². The average Bonchev–Trinajstić information content (AvgIpc) is 3.40. The summed E-state index contributed by atoms with van der Waals surface area (Å²) in [6.07, 6.45) is 3.48. The highest BCUT2D eigenvalue weighted by Crippen LogP contribution is 2.28. The topological polar surface area (TPSA) is 74.8 Å². The van der Waals surface area contributed by atoms with Gasteiger partial charge in [0.2, 0.25) is 5.91 Å². The number of nitrogens with one attached hydrogen (secondary N) is 3. The summed E-state index contributed by atoms with van der Waals surface area (Å²) >= 11 is 0. The van der Waals surface area contributed by atoms with Crippen molar-refractivity contribution in [2.45, 2.75) is 19.3 Å². The van der Waals surface area contributed by atoms with Crippen molar-refractivity contribution in [1.82, 2.24) is 10.6 Å². The number of nitrogens with zero attached hydrogens (tertiary/aromatic N) is 1. The normalized spacial score (nSPS) is 14.3. The molecule has 1 saturated carbocycles. The van der Waals surface area contributed by atoms with Crippen LogP contribution in [0.4, 0.5) is 10.1 Å². The van der Waals surface area contributed by atoms with Crippen molar-refractivity contribution < 1.29 is 13.9 Å². The van der Waals surface area contributed by atoms with Crippen LogP contribution in [0.25, 0.3) is 0 Å². The maximum absolute atomic E-state index is 12.8. The van der Waals surface area contributed by atoms with E-state index in [2.05, 4.69) is 20.9 Å². The van der Waals surface area contributed by atoms with Crippen molar-refractivity contribution >= 4 is 17.6 Å². The fourth-order valence-electron chi connectivity index (χ4n) is 2.04. The van der Waals surface area contributed by atoms with Crippen LogP contribution in [0.3, 0.4) is 0 Å². The molecule has 7 heteroatoms. The largest absolute Gasteiger partial charge is 0.381 e. The summed E-state index contributed by atoms with van der Waals surface area (Å²) in [5.41, 5.74) is 0.555. The lowest BCUT2D eigenvalue weighted by molar-refractivity contribution is -0.115. The Hall–Kier alpha value is -2.15. The van der Waals surface area contributed by atoms with Crippen molar-refractivity contribution in [3.05, 3.63) is 30.1 Å². The zero-order valence-corrected chi connectivity index (χ0v) is 14.0. The number of anilines is 1. The van der Waals surface area contributed by atoms with Gasteiger partial charge in [-0.05, 0) is 49.4 Å². The van der Waals surface area contributed by atoms with E-state index in [0.717, 1.165) is 32.1 Å². The van der Waals surface area contributed by atoms with Gasteiger partial charge in [0, 0.05) is 32.5 Å². The van der Waals surface area contributed by atoms with Crippen molar-refractivity contribution in [3.8, 4) is 0 Å². The van der Waals surface area contributed by atoms with Gasteiger partial charge in [0.25, 0.3) is 0 Å². The third kappa shape index (κ3) is 7.41. The van der Waals surface area contributed by atoms with Crippen LogP contribution in [0.1, 0.15) is 19.3 Å². The lowest BCUT2D eigenvalue weighted by Gasteiger charge is -2.12. The average molecular weight is 336 g/mol. The number of carbonyl (C=O) groups is 1. The molecule has 0 unspecified atom stereocenters. The van der Waals surface area contributed by atoms with Gasteiger partial charge < -0.3 is 20.7 Å². The van der Waals surface area contributed by atoms with E-state index in [1.54, 1.807) is 7.05 Å². The molecule has 0 atom stereocenters. The summed E-state index contributed by atoms with van der Waals surface area (Å²) in [6.45, 7) is 2.40. The van der Waals surface area contributed by atoms with Crippen molar-refractivity contribution in [2.75, 3.05) is 38.7 Å². The number of carbonyl (C=O) groups excluding carboxylic acids is 1. The van der Waals surface area contributed by atoms with Crippen molar-refractivity contribution in [3.63, 3.8) is 0 Å². The van der Waals surface area contributed by atoms with Gasteiger partial charge in [-0.1, -0.05) is 0 Å². The van der Waals surface area contributed by atoms with Crippen LogP contribution in [0.15, 0.2) is 29.3 Å². The third-order valence-corrected chi connectivity index (χ3v) is 3.58. The zero-order valence-electron chi connectivity index (χ0n) is 14.0. The number of guanidine groups is 1. The molecule has 0 heterocycles. The molecule has 1 aromatic rings. The highest BCUT2D eigenvalue weighted by molar-refractivity contribution is 5.94. The monoisotopic (exact) mass is 336 g/mol. The van der Waals surface area contributed by atoms with Crippen LogP contribution in [-0.2, 0) is 9.53 Å². The van der Waals surface area contributed by atoms with Crippen molar-refractivity contribution in [2.24, 2.45) is 10.9 Å². The van der Waals surface area contributed by atoms with E-state index in [-0.39, 0.29) is 18.3 Å². The molecular formula is C17H25FN4O2. The number of hydrogen-bond donors (Lipinski definition) is 3. The fraction of sp³-hybridized carbons (Fsp3) is 0.529. The minimum atomic E-state index is -0.336. The van der Waals surface area contributed by atoms with Gasteiger partial charge in [-0.2, -0.15) is 0 Å². The molecule has 0 aromatic heterocycles. The standard InChI is InChI=1S/C17H25FN4O2/c1-19-17(20-9-2-10-24-12-13-3-4-13)21-11-16(23)22-15-7-5-14(18)6-8-15/h5-8,13H,2-4,9-12H2,1H3,(H,22,23)(H2,19,20,21). The van der Waals surface area contributed by atoms with E-state index in [1.165, 1.54) is 37.1 Å². The molecule has 1 aliphatic rings. The highest BCUT2D eigenvalue weighted by Gasteiger charge is 2.20. The predicted molar refractivity (Wildman–Crippen MR) is 92.6 cm³/mol. The van der Waals surface area contributed by atoms with Crippen LogP contribution < -0.4 is 16.0 Å². The van der Waals surface area contributed by atoms with E-state index in [1.807, 2.05) is 0 Å². The Morgan fingerprint density at radius 1 is 1.29 bits per heavy atom. The second-order valence-electron chi connectivity index (χ2n) is 5.78. The number of benzene rings is 1. The molecule has 0 aliphatic heterocycles. The molecule has 6 nitrogen and oxygen atoms in total. The van der Waals surface area contributed by atoms with Gasteiger partial charge >= 0.3 is 0 Å².